The average molecular weight is 740 g/mol. The fourth-order valence-corrected chi connectivity index (χ4v) is 6.11. The van der Waals surface area contributed by atoms with Crippen molar-refractivity contribution >= 4 is 0 Å². The maximum Gasteiger partial charge on any atom is 0.124 e. The van der Waals surface area contributed by atoms with Crippen LogP contribution < -0.4 is 0 Å². The van der Waals surface area contributed by atoms with Crippen LogP contribution in [0.2, 0.25) is 0 Å². The third-order valence-electron chi connectivity index (χ3n) is 8.16. The van der Waals surface area contributed by atoms with Gasteiger partial charge in [-0.1, -0.05) is 87.5 Å². The van der Waals surface area contributed by atoms with E-state index in [0.29, 0.717) is 11.3 Å². The minimum atomic E-state index is -0.734. The number of aromatic nitrogens is 3. The van der Waals surface area contributed by atoms with E-state index in [4.69, 9.17) is 15.0 Å². The molecule has 0 saturated carbocycles. The minimum absolute atomic E-state index is 0. The molecular weight excluding hydrogens is 710 g/mol. The molecule has 0 aliphatic heterocycles. The van der Waals surface area contributed by atoms with Gasteiger partial charge in [-0.3, -0.25) is 9.97 Å². The third kappa shape index (κ3) is 4.71. The first-order valence-electron chi connectivity index (χ1n) is 14.2. The predicted molar refractivity (Wildman–Crippen MR) is 167 cm³/mol. The first kappa shape index (κ1) is 28.7. The molecule has 0 unspecified atom stereocenters. The Kier molecular flexibility index (Phi) is 7.36. The quantitative estimate of drug-likeness (QED) is 0.185. The van der Waals surface area contributed by atoms with Crippen molar-refractivity contribution in [3.05, 3.63) is 156 Å². The molecule has 43 heavy (non-hydrogen) atoms. The summed E-state index contributed by atoms with van der Waals surface area (Å²) in [5.41, 5.74) is 9.68. The molecule has 1 aliphatic carbocycles. The summed E-state index contributed by atoms with van der Waals surface area (Å²) in [7, 11) is 0. The van der Waals surface area contributed by atoms with E-state index in [0.717, 1.165) is 39.3 Å². The molecule has 0 saturated heterocycles. The summed E-state index contributed by atoms with van der Waals surface area (Å²) in [4.78, 5) is 14.8. The molecule has 7 rings (SSSR count). The number of nitrogens with zero attached hydrogens (tertiary/aromatic N) is 3. The second-order valence-electron chi connectivity index (χ2n) is 11.8. The van der Waals surface area contributed by atoms with Crippen LogP contribution in [-0.4, -0.2) is 20.1 Å². The predicted octanol–water partition coefficient (Wildman–Crippen LogP) is 8.37. The maximum atomic E-state index is 10.7. The summed E-state index contributed by atoms with van der Waals surface area (Å²) in [6.07, 6.45) is 3.71. The second-order valence-corrected chi connectivity index (χ2v) is 11.8. The number of hydrogen-bond donors (Lipinski definition) is 1. The number of rotatable bonds is 4. The van der Waals surface area contributed by atoms with E-state index in [1.54, 1.807) is 6.07 Å². The van der Waals surface area contributed by atoms with Crippen LogP contribution in [-0.2, 0) is 31.9 Å². The largest absolute Gasteiger partial charge is 0.507 e. The van der Waals surface area contributed by atoms with Gasteiger partial charge >= 0.3 is 0 Å². The summed E-state index contributed by atoms with van der Waals surface area (Å²) < 4.78 is 0. The molecule has 214 valence electrons. The molecule has 1 N–H and O–H groups in total. The molecule has 0 fully saturated rings. The van der Waals surface area contributed by atoms with Gasteiger partial charge in [-0.2, -0.15) is 0 Å². The summed E-state index contributed by atoms with van der Waals surface area (Å²) in [5.74, 6) is 0.203. The molecule has 5 heteroatoms. The van der Waals surface area contributed by atoms with Crippen LogP contribution in [0.15, 0.2) is 122 Å². The van der Waals surface area contributed by atoms with Gasteiger partial charge in [-0.15, -0.1) is 35.4 Å². The molecule has 6 aromatic rings. The van der Waals surface area contributed by atoms with Crippen molar-refractivity contribution < 1.29 is 26.2 Å². The van der Waals surface area contributed by atoms with Crippen molar-refractivity contribution in [2.75, 3.05) is 0 Å². The van der Waals surface area contributed by atoms with Crippen LogP contribution >= 0.6 is 0 Å². The van der Waals surface area contributed by atoms with Crippen LogP contribution in [0.5, 0.6) is 5.75 Å². The molecule has 4 nitrogen and oxygen atoms in total. The first-order chi connectivity index (χ1) is 20.4. The Morgan fingerprint density at radius 1 is 0.628 bits per heavy atom. The fraction of sp³-hybridized carbons (Fsp3) is 0.132. The van der Waals surface area contributed by atoms with Gasteiger partial charge < -0.3 is 10.1 Å². The topological polar surface area (TPSA) is 58.9 Å². The Labute approximate surface area is 266 Å². The van der Waals surface area contributed by atoms with E-state index in [1.807, 2.05) is 48.8 Å². The van der Waals surface area contributed by atoms with Crippen molar-refractivity contribution in [3.8, 4) is 39.4 Å². The van der Waals surface area contributed by atoms with Gasteiger partial charge in [0.05, 0.1) is 22.5 Å². The second kappa shape index (κ2) is 11.0. The van der Waals surface area contributed by atoms with Gasteiger partial charge in [0.2, 0.25) is 0 Å². The van der Waals surface area contributed by atoms with Crippen LogP contribution in [0.1, 0.15) is 48.8 Å². The number of pyridine rings is 1. The number of aromatic hydroxyl groups is 1. The molecule has 0 bridgehead atoms. The number of para-hydroxylation sites is 1. The summed E-state index contributed by atoms with van der Waals surface area (Å²) in [5, 5.41) is 10.7. The zero-order valence-corrected chi connectivity index (χ0v) is 26.4. The Balaban J connectivity index is 0.00000329. The van der Waals surface area contributed by atoms with Crippen molar-refractivity contribution in [1.29, 1.82) is 0 Å². The third-order valence-corrected chi connectivity index (χ3v) is 8.16. The van der Waals surface area contributed by atoms with Gasteiger partial charge in [0.1, 0.15) is 5.75 Å². The van der Waals surface area contributed by atoms with Gasteiger partial charge in [0, 0.05) is 50.1 Å². The minimum Gasteiger partial charge on any atom is -0.507 e. The summed E-state index contributed by atoms with van der Waals surface area (Å²) in [6.45, 7) is 6.41. The Morgan fingerprint density at radius 2 is 1.26 bits per heavy atom. The van der Waals surface area contributed by atoms with Crippen molar-refractivity contribution in [2.45, 2.75) is 31.6 Å². The van der Waals surface area contributed by atoms with Crippen LogP contribution in [0.25, 0.3) is 33.6 Å². The molecule has 0 radical (unpaired) electrons. The molecule has 1 aliphatic rings. The molecule has 0 amide bonds. The number of benzene rings is 4. The van der Waals surface area contributed by atoms with E-state index >= 15 is 0 Å². The molecule has 2 aromatic heterocycles. The smallest absolute Gasteiger partial charge is 0.124 e. The van der Waals surface area contributed by atoms with Gasteiger partial charge in [-0.05, 0) is 46.5 Å². The van der Waals surface area contributed by atoms with Gasteiger partial charge in [-0.25, -0.2) is 0 Å². The average Bonchev–Trinajstić information content (AvgIpc) is 3.32. The number of hydrogen-bond acceptors (Lipinski definition) is 4. The number of phenols is 1. The molecule has 0 spiro atoms. The molecule has 0 atom stereocenters. The standard InChI is InChI=1S/C38H30N3O.Pt/c1-37(2,3)36-24-39-33(23-40-36)25-12-10-13-26(22-25)38(30-17-7-4-14-27(30)28-15-5-8-18-31(28)38)35-21-11-19-32(41-35)29-16-6-9-20-34(29)42;/h4-21,23-24,42H,1-3H3;/q-1;. The van der Waals surface area contributed by atoms with E-state index in [1.165, 1.54) is 11.1 Å². The Hall–Kier alpha value is -4.40. The Morgan fingerprint density at radius 3 is 1.88 bits per heavy atom. The van der Waals surface area contributed by atoms with E-state index in [-0.39, 0.29) is 32.2 Å². The van der Waals surface area contributed by atoms with Crippen molar-refractivity contribution in [2.24, 2.45) is 0 Å². The van der Waals surface area contributed by atoms with Crippen LogP contribution in [0.4, 0.5) is 0 Å². The van der Waals surface area contributed by atoms with Crippen molar-refractivity contribution in [1.82, 2.24) is 15.0 Å². The molecule has 4 aromatic carbocycles. The number of fused-ring (bicyclic) bond motifs is 3. The summed E-state index contributed by atoms with van der Waals surface area (Å²) in [6, 6.07) is 40.5. The van der Waals surface area contributed by atoms with Gasteiger partial charge in [0.25, 0.3) is 0 Å². The van der Waals surface area contributed by atoms with Crippen molar-refractivity contribution in [3.63, 3.8) is 0 Å². The zero-order valence-electron chi connectivity index (χ0n) is 24.2. The Bertz CT molecular complexity index is 1900. The monoisotopic (exact) mass is 739 g/mol. The zero-order chi connectivity index (χ0) is 28.9. The number of phenolic OH excluding ortho intramolecular Hbond substituents is 1. The van der Waals surface area contributed by atoms with E-state index in [9.17, 15) is 5.11 Å². The molecular formula is C38H30N3OPt-. The maximum absolute atomic E-state index is 10.7. The van der Waals surface area contributed by atoms with Gasteiger partial charge in [0.15, 0.2) is 0 Å². The van der Waals surface area contributed by atoms with Crippen LogP contribution in [0.3, 0.4) is 0 Å². The normalized spacial score (nSPS) is 13.1. The summed E-state index contributed by atoms with van der Waals surface area (Å²) >= 11 is 0. The van der Waals surface area contributed by atoms with E-state index in [2.05, 4.69) is 93.6 Å². The fourth-order valence-electron chi connectivity index (χ4n) is 6.11. The first-order valence-corrected chi connectivity index (χ1v) is 14.2. The molecule has 2 heterocycles. The van der Waals surface area contributed by atoms with E-state index < -0.39 is 5.41 Å². The van der Waals surface area contributed by atoms with Crippen LogP contribution in [0, 0.1) is 6.07 Å². The SMILES string of the molecule is CC(C)(C)c1cnc(-c2[c-]c(C3(c4cccc(-c5ccccc5O)n4)c4ccccc4-c4ccccc43)ccc2)cn1.[Pt].